The van der Waals surface area contributed by atoms with Crippen LogP contribution in [0.1, 0.15) is 46.5 Å². The molecule has 0 aromatic heterocycles. The van der Waals surface area contributed by atoms with Crippen molar-refractivity contribution in [1.82, 2.24) is 4.90 Å². The van der Waals surface area contributed by atoms with Crippen LogP contribution in [0.15, 0.2) is 0 Å². The zero-order chi connectivity index (χ0) is 14.5. The van der Waals surface area contributed by atoms with Gasteiger partial charge in [-0.25, -0.2) is 0 Å². The normalized spacial score (nSPS) is 23.7. The van der Waals surface area contributed by atoms with E-state index >= 15 is 0 Å². The number of hydrogen-bond acceptors (Lipinski definition) is 3. The average Bonchev–Trinajstić information content (AvgIpc) is 2.34. The number of piperidine rings is 1. The Hall–Kier alpha value is -1.10. The summed E-state index contributed by atoms with van der Waals surface area (Å²) < 4.78 is 5.39. The van der Waals surface area contributed by atoms with Gasteiger partial charge in [0.05, 0.1) is 11.5 Å². The van der Waals surface area contributed by atoms with Crippen LogP contribution in [0.5, 0.6) is 0 Å². The van der Waals surface area contributed by atoms with Crippen LogP contribution in [0.2, 0.25) is 0 Å². The third-order valence-electron chi connectivity index (χ3n) is 3.55. The maximum atomic E-state index is 12.0. The van der Waals surface area contributed by atoms with E-state index in [-0.39, 0.29) is 12.0 Å². The van der Waals surface area contributed by atoms with Crippen molar-refractivity contribution in [2.75, 3.05) is 19.7 Å². The molecule has 0 radical (unpaired) electrons. The molecule has 1 saturated heterocycles. The monoisotopic (exact) mass is 271 g/mol. The van der Waals surface area contributed by atoms with E-state index in [2.05, 4.69) is 0 Å². The van der Waals surface area contributed by atoms with Crippen molar-refractivity contribution < 1.29 is 19.4 Å². The number of likely N-dealkylation sites (tertiary alicyclic amines) is 1. The first kappa shape index (κ1) is 16.0. The van der Waals surface area contributed by atoms with E-state index in [9.17, 15) is 14.7 Å². The van der Waals surface area contributed by atoms with Crippen LogP contribution in [-0.2, 0) is 14.3 Å². The molecule has 0 aromatic rings. The smallest absolute Gasteiger partial charge is 0.311 e. The number of nitrogens with zero attached hydrogens (tertiary/aromatic N) is 1. The van der Waals surface area contributed by atoms with Gasteiger partial charge >= 0.3 is 5.97 Å². The van der Waals surface area contributed by atoms with Gasteiger partial charge in [0.15, 0.2) is 0 Å². The molecule has 1 heterocycles. The largest absolute Gasteiger partial charge is 0.481 e. The van der Waals surface area contributed by atoms with Gasteiger partial charge in [-0.1, -0.05) is 0 Å². The maximum Gasteiger partial charge on any atom is 0.311 e. The van der Waals surface area contributed by atoms with Crippen molar-refractivity contribution in [3.63, 3.8) is 0 Å². The number of carbonyl (C=O) groups is 2. The second-order valence-electron chi connectivity index (χ2n) is 5.81. The van der Waals surface area contributed by atoms with E-state index in [1.165, 1.54) is 0 Å². The third kappa shape index (κ3) is 4.82. The summed E-state index contributed by atoms with van der Waals surface area (Å²) in [5, 5.41) is 9.21. The minimum atomic E-state index is -0.812. The fourth-order valence-electron chi connectivity index (χ4n) is 2.33. The maximum absolute atomic E-state index is 12.0. The Balaban J connectivity index is 2.38. The molecule has 1 aliphatic rings. The number of aliphatic carboxylic acids is 1. The number of rotatable bonds is 6. The van der Waals surface area contributed by atoms with Crippen molar-refractivity contribution in [3.05, 3.63) is 0 Å². The van der Waals surface area contributed by atoms with Gasteiger partial charge in [0, 0.05) is 26.1 Å². The lowest BCUT2D eigenvalue weighted by molar-refractivity contribution is -0.153. The van der Waals surface area contributed by atoms with E-state index < -0.39 is 11.4 Å². The van der Waals surface area contributed by atoms with Crippen LogP contribution in [0.25, 0.3) is 0 Å². The molecule has 1 fully saturated rings. The second kappa shape index (κ2) is 6.89. The summed E-state index contributed by atoms with van der Waals surface area (Å²) in [5.41, 5.74) is -0.789. The molecule has 0 aromatic carbocycles. The third-order valence-corrected chi connectivity index (χ3v) is 3.55. The van der Waals surface area contributed by atoms with Crippen molar-refractivity contribution in [3.8, 4) is 0 Å². The van der Waals surface area contributed by atoms with Crippen LogP contribution >= 0.6 is 0 Å². The molecular formula is C14H25NO4. The molecule has 5 nitrogen and oxygen atoms in total. The molecule has 1 rings (SSSR count). The predicted molar refractivity (Wildman–Crippen MR) is 71.9 cm³/mol. The molecule has 1 unspecified atom stereocenters. The zero-order valence-corrected chi connectivity index (χ0v) is 12.1. The number of amides is 1. The molecule has 1 atom stereocenters. The Bertz CT molecular complexity index is 329. The fourth-order valence-corrected chi connectivity index (χ4v) is 2.33. The first-order valence-electron chi connectivity index (χ1n) is 6.98. The lowest BCUT2D eigenvalue weighted by atomic mass is 9.82. The summed E-state index contributed by atoms with van der Waals surface area (Å²) in [6, 6.07) is 0. The topological polar surface area (TPSA) is 66.8 Å². The fraction of sp³-hybridized carbons (Fsp3) is 0.857. The molecule has 19 heavy (non-hydrogen) atoms. The number of carbonyl (C=O) groups excluding carboxylic acids is 1. The quantitative estimate of drug-likeness (QED) is 0.749. The van der Waals surface area contributed by atoms with Gasteiger partial charge in [0.1, 0.15) is 0 Å². The van der Waals surface area contributed by atoms with Gasteiger partial charge in [-0.05, 0) is 40.0 Å². The van der Waals surface area contributed by atoms with E-state index in [1.54, 1.807) is 11.8 Å². The van der Waals surface area contributed by atoms with E-state index in [0.717, 1.165) is 6.42 Å². The molecule has 1 N–H and O–H groups in total. The van der Waals surface area contributed by atoms with Gasteiger partial charge in [0.25, 0.3) is 0 Å². The van der Waals surface area contributed by atoms with Crippen LogP contribution in [0.4, 0.5) is 0 Å². The number of carboxylic acid groups (broad SMARTS) is 1. The molecule has 0 spiro atoms. The zero-order valence-electron chi connectivity index (χ0n) is 12.1. The Kier molecular flexibility index (Phi) is 5.79. The average molecular weight is 271 g/mol. The second-order valence-corrected chi connectivity index (χ2v) is 5.81. The van der Waals surface area contributed by atoms with Gasteiger partial charge < -0.3 is 14.7 Å². The van der Waals surface area contributed by atoms with E-state index in [4.69, 9.17) is 4.74 Å². The summed E-state index contributed by atoms with van der Waals surface area (Å²) in [7, 11) is 0. The lowest BCUT2D eigenvalue weighted by Crippen LogP contribution is -2.48. The van der Waals surface area contributed by atoms with Gasteiger partial charge in [-0.3, -0.25) is 9.59 Å². The summed E-state index contributed by atoms with van der Waals surface area (Å²) in [4.78, 5) is 24.9. The van der Waals surface area contributed by atoms with Crippen molar-refractivity contribution in [2.24, 2.45) is 5.41 Å². The minimum Gasteiger partial charge on any atom is -0.481 e. The molecule has 0 saturated carbocycles. The summed E-state index contributed by atoms with van der Waals surface area (Å²) in [6.45, 7) is 7.22. The van der Waals surface area contributed by atoms with Crippen LogP contribution in [-0.4, -0.2) is 47.7 Å². The highest BCUT2D eigenvalue weighted by molar-refractivity contribution is 5.79. The predicted octanol–water partition coefficient (Wildman–Crippen LogP) is 1.90. The Morgan fingerprint density at radius 1 is 1.42 bits per heavy atom. The van der Waals surface area contributed by atoms with Gasteiger partial charge in [0.2, 0.25) is 5.91 Å². The van der Waals surface area contributed by atoms with Crippen LogP contribution in [0.3, 0.4) is 0 Å². The van der Waals surface area contributed by atoms with Crippen LogP contribution in [0, 0.1) is 5.41 Å². The number of hydrogen-bond donors (Lipinski definition) is 1. The van der Waals surface area contributed by atoms with Crippen molar-refractivity contribution in [1.29, 1.82) is 0 Å². The highest BCUT2D eigenvalue weighted by atomic mass is 16.5. The Morgan fingerprint density at radius 2 is 2.11 bits per heavy atom. The van der Waals surface area contributed by atoms with E-state index in [1.807, 2.05) is 13.8 Å². The molecule has 5 heteroatoms. The molecule has 0 aliphatic carbocycles. The Labute approximate surface area is 114 Å². The molecule has 0 bridgehead atoms. The number of carboxylic acids is 1. The number of ether oxygens (including phenoxy) is 1. The lowest BCUT2D eigenvalue weighted by Gasteiger charge is -2.37. The van der Waals surface area contributed by atoms with Gasteiger partial charge in [-0.15, -0.1) is 0 Å². The Morgan fingerprint density at radius 3 is 2.68 bits per heavy atom. The van der Waals surface area contributed by atoms with Crippen molar-refractivity contribution >= 4 is 11.9 Å². The first-order valence-corrected chi connectivity index (χ1v) is 6.98. The van der Waals surface area contributed by atoms with Crippen LogP contribution < -0.4 is 0 Å². The van der Waals surface area contributed by atoms with Crippen molar-refractivity contribution in [2.45, 2.75) is 52.6 Å². The highest BCUT2D eigenvalue weighted by Gasteiger charge is 2.39. The highest BCUT2D eigenvalue weighted by Crippen LogP contribution is 2.30. The van der Waals surface area contributed by atoms with E-state index in [0.29, 0.717) is 39.0 Å². The SMILES string of the molecule is CC(C)OCCCC(=O)N1CCCC(C)(C(=O)O)C1. The summed E-state index contributed by atoms with van der Waals surface area (Å²) in [5.74, 6) is -0.771. The molecule has 110 valence electrons. The summed E-state index contributed by atoms with van der Waals surface area (Å²) >= 11 is 0. The van der Waals surface area contributed by atoms with Gasteiger partial charge in [-0.2, -0.15) is 0 Å². The standard InChI is InChI=1S/C14H25NO4/c1-11(2)19-9-4-6-12(16)15-8-5-7-14(3,10-15)13(17)18/h11H,4-10H2,1-3H3,(H,17,18). The molecular weight excluding hydrogens is 246 g/mol. The molecule has 1 aliphatic heterocycles. The first-order chi connectivity index (χ1) is 8.85. The molecule has 1 amide bonds. The summed E-state index contributed by atoms with van der Waals surface area (Å²) in [6.07, 6.45) is 2.71. The minimum absolute atomic E-state index is 0.0412.